The summed E-state index contributed by atoms with van der Waals surface area (Å²) < 4.78 is 5.56. The fourth-order valence-corrected chi connectivity index (χ4v) is 2.23. The van der Waals surface area contributed by atoms with E-state index < -0.39 is 0 Å². The zero-order valence-electron chi connectivity index (χ0n) is 10.5. The van der Waals surface area contributed by atoms with Crippen LogP contribution in [0.5, 0.6) is 0 Å². The number of amides is 1. The molecule has 0 spiro atoms. The Kier molecular flexibility index (Phi) is 3.21. The minimum atomic E-state index is -0.292. The normalized spacial score (nSPS) is 10.4. The van der Waals surface area contributed by atoms with Crippen LogP contribution >= 0.6 is 11.5 Å². The highest BCUT2D eigenvalue weighted by Gasteiger charge is 2.15. The molecule has 8 heteroatoms. The van der Waals surface area contributed by atoms with Crippen molar-refractivity contribution in [3.63, 3.8) is 0 Å². The second kappa shape index (κ2) is 5.17. The van der Waals surface area contributed by atoms with E-state index in [4.69, 9.17) is 0 Å². The van der Waals surface area contributed by atoms with Gasteiger partial charge >= 0.3 is 0 Å². The number of rotatable bonds is 3. The molecule has 0 unspecified atom stereocenters. The first-order valence-corrected chi connectivity index (χ1v) is 6.58. The average Bonchev–Trinajstić information content (AvgIpc) is 3.10. The predicted molar refractivity (Wildman–Crippen MR) is 74.0 cm³/mol. The zero-order valence-corrected chi connectivity index (χ0v) is 11.3. The van der Waals surface area contributed by atoms with E-state index in [1.807, 2.05) is 0 Å². The molecule has 7 nitrogen and oxygen atoms in total. The van der Waals surface area contributed by atoms with Crippen LogP contribution < -0.4 is 5.32 Å². The van der Waals surface area contributed by atoms with Gasteiger partial charge in [-0.25, -0.2) is 14.6 Å². The molecule has 0 aliphatic heterocycles. The molecule has 0 radical (unpaired) electrons. The van der Waals surface area contributed by atoms with Crippen LogP contribution in [0.25, 0.3) is 5.82 Å². The van der Waals surface area contributed by atoms with Crippen LogP contribution in [0.1, 0.15) is 16.2 Å². The van der Waals surface area contributed by atoms with Gasteiger partial charge in [-0.1, -0.05) is 0 Å². The quantitative estimate of drug-likeness (QED) is 0.791. The van der Waals surface area contributed by atoms with Crippen LogP contribution in [-0.4, -0.2) is 30.0 Å². The Balaban J connectivity index is 1.92. The third-order valence-corrected chi connectivity index (χ3v) is 3.22. The van der Waals surface area contributed by atoms with Crippen LogP contribution in [0.4, 0.5) is 5.13 Å². The highest BCUT2D eigenvalue weighted by atomic mass is 32.1. The summed E-state index contributed by atoms with van der Waals surface area (Å²) in [7, 11) is 0. The highest BCUT2D eigenvalue weighted by molar-refractivity contribution is 7.09. The van der Waals surface area contributed by atoms with E-state index in [0.29, 0.717) is 22.3 Å². The van der Waals surface area contributed by atoms with Crippen LogP contribution in [0, 0.1) is 6.92 Å². The largest absolute Gasteiger partial charge is 0.296 e. The number of aryl methyl sites for hydroxylation is 1. The monoisotopic (exact) mass is 286 g/mol. The lowest BCUT2D eigenvalue weighted by Crippen LogP contribution is -2.16. The molecule has 0 saturated heterocycles. The van der Waals surface area contributed by atoms with Crippen molar-refractivity contribution in [1.82, 2.24) is 24.1 Å². The number of nitrogens with one attached hydrogen (secondary N) is 1. The zero-order chi connectivity index (χ0) is 13.9. The molecular weight excluding hydrogens is 276 g/mol. The Morgan fingerprint density at radius 2 is 2.25 bits per heavy atom. The third kappa shape index (κ3) is 2.41. The van der Waals surface area contributed by atoms with Crippen molar-refractivity contribution in [2.24, 2.45) is 0 Å². The van der Waals surface area contributed by atoms with E-state index in [-0.39, 0.29) is 5.91 Å². The van der Waals surface area contributed by atoms with Gasteiger partial charge in [0.1, 0.15) is 5.82 Å². The summed E-state index contributed by atoms with van der Waals surface area (Å²) in [6, 6.07) is 5.16. The molecule has 0 bridgehead atoms. The first-order chi connectivity index (χ1) is 9.74. The van der Waals surface area contributed by atoms with Gasteiger partial charge in [-0.05, 0) is 25.1 Å². The fraction of sp³-hybridized carbons (Fsp3) is 0.0833. The number of anilines is 1. The second-order valence-corrected chi connectivity index (χ2v) is 4.68. The number of pyridine rings is 1. The van der Waals surface area contributed by atoms with Crippen molar-refractivity contribution >= 4 is 22.6 Å². The van der Waals surface area contributed by atoms with Gasteiger partial charge in [0.05, 0.1) is 5.56 Å². The molecule has 0 fully saturated rings. The van der Waals surface area contributed by atoms with Gasteiger partial charge in [0, 0.05) is 30.1 Å². The van der Waals surface area contributed by atoms with Crippen molar-refractivity contribution in [1.29, 1.82) is 0 Å². The molecule has 100 valence electrons. The first kappa shape index (κ1) is 12.4. The number of carbonyl (C=O) groups excluding carboxylic acids is 1. The Morgan fingerprint density at radius 3 is 2.95 bits per heavy atom. The van der Waals surface area contributed by atoms with E-state index in [2.05, 4.69) is 24.8 Å². The van der Waals surface area contributed by atoms with Gasteiger partial charge in [-0.2, -0.15) is 9.47 Å². The number of carbonyl (C=O) groups is 1. The van der Waals surface area contributed by atoms with E-state index in [1.54, 1.807) is 48.4 Å². The maximum atomic E-state index is 12.3. The summed E-state index contributed by atoms with van der Waals surface area (Å²) >= 11 is 1.14. The summed E-state index contributed by atoms with van der Waals surface area (Å²) in [6.07, 6.45) is 4.97. The SMILES string of the molecule is Cc1nsc(NC(=O)c2cccnc2-n2cccn2)n1. The maximum absolute atomic E-state index is 12.3. The van der Waals surface area contributed by atoms with E-state index in [1.165, 1.54) is 0 Å². The molecule has 0 atom stereocenters. The Morgan fingerprint density at radius 1 is 1.35 bits per heavy atom. The Hall–Kier alpha value is -2.61. The van der Waals surface area contributed by atoms with Crippen LogP contribution in [0.15, 0.2) is 36.8 Å². The summed E-state index contributed by atoms with van der Waals surface area (Å²) in [5.74, 6) is 0.805. The predicted octanol–water partition coefficient (Wildman–Crippen LogP) is 1.68. The number of hydrogen-bond acceptors (Lipinski definition) is 6. The standard InChI is InChI=1S/C12H10N6OS/c1-8-15-12(20-17-8)16-11(19)9-4-2-5-13-10(9)18-7-3-6-14-18/h2-7H,1H3,(H,15,16,17,19). The van der Waals surface area contributed by atoms with Crippen molar-refractivity contribution in [2.75, 3.05) is 5.32 Å². The molecule has 20 heavy (non-hydrogen) atoms. The van der Waals surface area contributed by atoms with Gasteiger partial charge < -0.3 is 0 Å². The summed E-state index contributed by atoms with van der Waals surface area (Å²) in [5.41, 5.74) is 0.420. The van der Waals surface area contributed by atoms with Gasteiger partial charge in [-0.3, -0.25) is 10.1 Å². The van der Waals surface area contributed by atoms with Gasteiger partial charge in [0.15, 0.2) is 5.82 Å². The summed E-state index contributed by atoms with van der Waals surface area (Å²) in [5, 5.41) is 7.26. The number of hydrogen-bond donors (Lipinski definition) is 1. The first-order valence-electron chi connectivity index (χ1n) is 5.81. The highest BCUT2D eigenvalue weighted by Crippen LogP contribution is 2.15. The van der Waals surface area contributed by atoms with Gasteiger partial charge in [-0.15, -0.1) is 0 Å². The lowest BCUT2D eigenvalue weighted by Gasteiger charge is -2.07. The smallest absolute Gasteiger partial charge is 0.261 e. The summed E-state index contributed by atoms with van der Waals surface area (Å²) in [4.78, 5) is 20.6. The van der Waals surface area contributed by atoms with Crippen molar-refractivity contribution in [2.45, 2.75) is 6.92 Å². The molecule has 0 aromatic carbocycles. The molecule has 3 aromatic heterocycles. The fourth-order valence-electron chi connectivity index (χ4n) is 1.66. The molecule has 3 aromatic rings. The third-order valence-electron chi connectivity index (χ3n) is 2.50. The average molecular weight is 286 g/mol. The lowest BCUT2D eigenvalue weighted by atomic mass is 10.2. The molecule has 3 rings (SSSR count). The van der Waals surface area contributed by atoms with Crippen molar-refractivity contribution in [3.8, 4) is 5.82 Å². The van der Waals surface area contributed by atoms with Crippen molar-refractivity contribution in [3.05, 3.63) is 48.2 Å². The molecule has 0 aliphatic carbocycles. The molecule has 1 amide bonds. The number of aromatic nitrogens is 5. The molecule has 0 saturated carbocycles. The van der Waals surface area contributed by atoms with Crippen LogP contribution in [0.2, 0.25) is 0 Å². The molecular formula is C12H10N6OS. The van der Waals surface area contributed by atoms with Gasteiger partial charge in [0.2, 0.25) is 5.13 Å². The molecule has 3 heterocycles. The maximum Gasteiger partial charge on any atom is 0.261 e. The van der Waals surface area contributed by atoms with Gasteiger partial charge in [0.25, 0.3) is 5.91 Å². The second-order valence-electron chi connectivity index (χ2n) is 3.93. The minimum Gasteiger partial charge on any atom is -0.296 e. The van der Waals surface area contributed by atoms with E-state index in [9.17, 15) is 4.79 Å². The Bertz CT molecular complexity index is 736. The Labute approximate surface area is 118 Å². The summed E-state index contributed by atoms with van der Waals surface area (Å²) in [6.45, 7) is 1.77. The topological polar surface area (TPSA) is 85.6 Å². The number of nitrogens with zero attached hydrogens (tertiary/aromatic N) is 5. The van der Waals surface area contributed by atoms with Crippen LogP contribution in [-0.2, 0) is 0 Å². The van der Waals surface area contributed by atoms with E-state index in [0.717, 1.165) is 11.5 Å². The molecule has 0 aliphatic rings. The minimum absolute atomic E-state index is 0.292. The molecule has 1 N–H and O–H groups in total. The van der Waals surface area contributed by atoms with Crippen molar-refractivity contribution < 1.29 is 4.79 Å². The lowest BCUT2D eigenvalue weighted by molar-refractivity contribution is 0.102. The van der Waals surface area contributed by atoms with Crippen LogP contribution in [0.3, 0.4) is 0 Å². The van der Waals surface area contributed by atoms with E-state index >= 15 is 0 Å².